The average Bonchev–Trinajstić information content (AvgIpc) is 2.77. The van der Waals surface area contributed by atoms with Gasteiger partial charge in [-0.3, -0.25) is 0 Å². The maximum atomic E-state index is 9.18. The topological polar surface area (TPSA) is 32.3 Å². The summed E-state index contributed by atoms with van der Waals surface area (Å²) in [5.41, 5.74) is 3.32. The molecule has 0 saturated heterocycles. The lowest BCUT2D eigenvalue weighted by Gasteiger charge is -2.12. The average molecular weight is 288 g/mol. The lowest BCUT2D eigenvalue weighted by molar-refractivity contribution is 0.283. The first kappa shape index (κ1) is 12.7. The fourth-order valence-corrected chi connectivity index (χ4v) is 2.71. The molecule has 2 N–H and O–H groups in total. The van der Waals surface area contributed by atoms with Crippen LogP contribution in [0.1, 0.15) is 11.1 Å². The highest BCUT2D eigenvalue weighted by Crippen LogP contribution is 2.36. The second-order valence-corrected chi connectivity index (χ2v) is 5.18. The van der Waals surface area contributed by atoms with E-state index in [1.165, 1.54) is 11.3 Å². The molecule has 90 valence electrons. The molecule has 0 radical (unpaired) electrons. The van der Waals surface area contributed by atoms with E-state index in [0.717, 1.165) is 16.8 Å². The first-order valence-electron chi connectivity index (χ1n) is 5.01. The fraction of sp³-hybridized carbons (Fsp3) is 0.167. The van der Waals surface area contributed by atoms with Gasteiger partial charge in [-0.15, -0.1) is 11.3 Å². The number of aliphatic hydroxyl groups excluding tert-OH is 1. The summed E-state index contributed by atoms with van der Waals surface area (Å²) in [7, 11) is 0. The van der Waals surface area contributed by atoms with Crippen LogP contribution in [-0.4, -0.2) is 5.11 Å². The van der Waals surface area contributed by atoms with Gasteiger partial charge in [-0.1, -0.05) is 29.3 Å². The van der Waals surface area contributed by atoms with Crippen molar-refractivity contribution in [1.29, 1.82) is 0 Å². The molecular formula is C12H11Cl2NOS. The Bertz CT molecular complexity index is 539. The standard InChI is InChI=1S/C12H11Cl2NOS/c1-7-2-3-9(13)12(11(7)14)15-10-6-17-5-8(10)4-16/h2-3,5-6,15-16H,4H2,1H3. The van der Waals surface area contributed by atoms with Gasteiger partial charge >= 0.3 is 0 Å². The zero-order valence-corrected chi connectivity index (χ0v) is 11.5. The quantitative estimate of drug-likeness (QED) is 0.865. The van der Waals surface area contributed by atoms with Gasteiger partial charge in [-0.05, 0) is 23.9 Å². The third-order valence-electron chi connectivity index (χ3n) is 2.46. The van der Waals surface area contributed by atoms with Gasteiger partial charge in [-0.2, -0.15) is 0 Å². The molecule has 2 rings (SSSR count). The van der Waals surface area contributed by atoms with Crippen molar-refractivity contribution >= 4 is 45.9 Å². The summed E-state index contributed by atoms with van der Waals surface area (Å²) < 4.78 is 0. The van der Waals surface area contributed by atoms with E-state index < -0.39 is 0 Å². The maximum absolute atomic E-state index is 9.18. The largest absolute Gasteiger partial charge is 0.392 e. The summed E-state index contributed by atoms with van der Waals surface area (Å²) in [4.78, 5) is 0. The molecule has 0 aliphatic rings. The molecule has 5 heteroatoms. The van der Waals surface area contributed by atoms with Crippen LogP contribution in [0.25, 0.3) is 0 Å². The molecule has 0 aliphatic carbocycles. The molecule has 1 aromatic heterocycles. The van der Waals surface area contributed by atoms with Crippen LogP contribution in [0.4, 0.5) is 11.4 Å². The summed E-state index contributed by atoms with van der Waals surface area (Å²) in [6.07, 6.45) is 0. The van der Waals surface area contributed by atoms with E-state index in [1.807, 2.05) is 23.8 Å². The lowest BCUT2D eigenvalue weighted by atomic mass is 10.2. The molecule has 1 heterocycles. The van der Waals surface area contributed by atoms with Crippen molar-refractivity contribution in [2.75, 3.05) is 5.32 Å². The van der Waals surface area contributed by atoms with Gasteiger partial charge in [0, 0.05) is 10.9 Å². The van der Waals surface area contributed by atoms with Crippen LogP contribution >= 0.6 is 34.5 Å². The highest BCUT2D eigenvalue weighted by atomic mass is 35.5. The highest BCUT2D eigenvalue weighted by Gasteiger charge is 2.11. The molecule has 17 heavy (non-hydrogen) atoms. The van der Waals surface area contributed by atoms with Crippen LogP contribution in [0.15, 0.2) is 22.9 Å². The van der Waals surface area contributed by atoms with E-state index in [1.54, 1.807) is 6.07 Å². The zero-order chi connectivity index (χ0) is 12.4. The van der Waals surface area contributed by atoms with Gasteiger partial charge in [-0.25, -0.2) is 0 Å². The molecule has 0 bridgehead atoms. The Hall–Kier alpha value is -0.740. The van der Waals surface area contributed by atoms with E-state index in [2.05, 4.69) is 5.32 Å². The number of nitrogens with one attached hydrogen (secondary N) is 1. The van der Waals surface area contributed by atoms with E-state index in [-0.39, 0.29) is 6.61 Å². The van der Waals surface area contributed by atoms with Crippen LogP contribution in [0.5, 0.6) is 0 Å². The Labute approximate surface area is 114 Å². The Morgan fingerprint density at radius 3 is 2.76 bits per heavy atom. The first-order valence-corrected chi connectivity index (χ1v) is 6.71. The molecule has 0 saturated carbocycles. The number of rotatable bonds is 3. The monoisotopic (exact) mass is 287 g/mol. The Kier molecular flexibility index (Phi) is 3.94. The van der Waals surface area contributed by atoms with Crippen molar-refractivity contribution in [3.63, 3.8) is 0 Å². The molecule has 2 aromatic rings. The van der Waals surface area contributed by atoms with Gasteiger partial charge in [0.1, 0.15) is 0 Å². The number of benzene rings is 1. The van der Waals surface area contributed by atoms with Gasteiger partial charge in [0.05, 0.1) is 28.0 Å². The van der Waals surface area contributed by atoms with Gasteiger partial charge < -0.3 is 10.4 Å². The number of hydrogen-bond acceptors (Lipinski definition) is 3. The minimum absolute atomic E-state index is 0.00706. The Morgan fingerprint density at radius 1 is 1.29 bits per heavy atom. The third-order valence-corrected chi connectivity index (χ3v) is 4.05. The number of thiophene rings is 1. The molecule has 0 atom stereocenters. The summed E-state index contributed by atoms with van der Waals surface area (Å²) in [6.45, 7) is 1.91. The Balaban J connectivity index is 2.39. The van der Waals surface area contributed by atoms with Crippen LogP contribution in [0.2, 0.25) is 10.0 Å². The van der Waals surface area contributed by atoms with E-state index >= 15 is 0 Å². The lowest BCUT2D eigenvalue weighted by Crippen LogP contribution is -1.95. The first-order chi connectivity index (χ1) is 8.13. The van der Waals surface area contributed by atoms with Crippen molar-refractivity contribution in [3.8, 4) is 0 Å². The van der Waals surface area contributed by atoms with Crippen LogP contribution < -0.4 is 5.32 Å². The number of anilines is 2. The summed E-state index contributed by atoms with van der Waals surface area (Å²) in [5, 5.41) is 17.3. The van der Waals surface area contributed by atoms with Crippen molar-refractivity contribution in [3.05, 3.63) is 44.1 Å². The zero-order valence-electron chi connectivity index (χ0n) is 9.13. The minimum Gasteiger partial charge on any atom is -0.392 e. The summed E-state index contributed by atoms with van der Waals surface area (Å²) in [6, 6.07) is 3.67. The molecule has 0 spiro atoms. The molecule has 0 aliphatic heterocycles. The second kappa shape index (κ2) is 5.27. The minimum atomic E-state index is -0.00706. The molecule has 0 amide bonds. The Morgan fingerprint density at radius 2 is 2.06 bits per heavy atom. The molecule has 1 aromatic carbocycles. The molecule has 2 nitrogen and oxygen atoms in total. The smallest absolute Gasteiger partial charge is 0.0765 e. The van der Waals surface area contributed by atoms with Crippen LogP contribution in [0, 0.1) is 6.92 Å². The number of halogens is 2. The number of aryl methyl sites for hydroxylation is 1. The SMILES string of the molecule is Cc1ccc(Cl)c(Nc2cscc2CO)c1Cl. The van der Waals surface area contributed by atoms with Crippen LogP contribution in [-0.2, 0) is 6.61 Å². The van der Waals surface area contributed by atoms with E-state index in [9.17, 15) is 5.11 Å². The number of aliphatic hydroxyl groups is 1. The highest BCUT2D eigenvalue weighted by molar-refractivity contribution is 7.08. The van der Waals surface area contributed by atoms with E-state index in [4.69, 9.17) is 23.2 Å². The fourth-order valence-electron chi connectivity index (χ4n) is 1.46. The van der Waals surface area contributed by atoms with Crippen molar-refractivity contribution in [2.45, 2.75) is 13.5 Å². The van der Waals surface area contributed by atoms with Gasteiger partial charge in [0.25, 0.3) is 0 Å². The third kappa shape index (κ3) is 2.58. The van der Waals surface area contributed by atoms with E-state index in [0.29, 0.717) is 15.7 Å². The predicted molar refractivity (Wildman–Crippen MR) is 74.7 cm³/mol. The maximum Gasteiger partial charge on any atom is 0.0765 e. The van der Waals surface area contributed by atoms with Crippen molar-refractivity contribution in [1.82, 2.24) is 0 Å². The summed E-state index contributed by atoms with van der Waals surface area (Å²) in [5.74, 6) is 0. The van der Waals surface area contributed by atoms with Gasteiger partial charge in [0.2, 0.25) is 0 Å². The van der Waals surface area contributed by atoms with Crippen molar-refractivity contribution < 1.29 is 5.11 Å². The molecule has 0 unspecified atom stereocenters. The van der Waals surface area contributed by atoms with Crippen molar-refractivity contribution in [2.24, 2.45) is 0 Å². The number of hydrogen-bond donors (Lipinski definition) is 2. The van der Waals surface area contributed by atoms with Gasteiger partial charge in [0.15, 0.2) is 0 Å². The second-order valence-electron chi connectivity index (χ2n) is 3.65. The molecule has 0 fully saturated rings. The molecular weight excluding hydrogens is 277 g/mol. The summed E-state index contributed by atoms with van der Waals surface area (Å²) >= 11 is 13.8. The normalized spacial score (nSPS) is 10.6. The predicted octanol–water partition coefficient (Wildman–Crippen LogP) is 4.60. The van der Waals surface area contributed by atoms with Crippen LogP contribution in [0.3, 0.4) is 0 Å².